The van der Waals surface area contributed by atoms with Crippen molar-refractivity contribution in [3.8, 4) is 0 Å². The first kappa shape index (κ1) is 16.4. The van der Waals surface area contributed by atoms with E-state index in [0.717, 1.165) is 25.8 Å². The maximum atomic E-state index is 12.2. The summed E-state index contributed by atoms with van der Waals surface area (Å²) in [6.07, 6.45) is 2.53. The lowest BCUT2D eigenvalue weighted by molar-refractivity contribution is -0.132. The highest BCUT2D eigenvalue weighted by atomic mass is 32.1. The van der Waals surface area contributed by atoms with Crippen LogP contribution in [0.3, 0.4) is 0 Å². The normalized spacial score (nSPS) is 26.3. The monoisotopic (exact) mass is 285 g/mol. The van der Waals surface area contributed by atoms with Crippen molar-refractivity contribution in [2.45, 2.75) is 46.1 Å². The second kappa shape index (κ2) is 6.66. The van der Waals surface area contributed by atoms with Gasteiger partial charge in [-0.25, -0.2) is 0 Å². The number of amides is 1. The number of hydrogen-bond donors (Lipinski definition) is 2. The Labute approximate surface area is 122 Å². The molecule has 19 heavy (non-hydrogen) atoms. The summed E-state index contributed by atoms with van der Waals surface area (Å²) >= 11 is 5.07. The molecule has 0 saturated heterocycles. The number of carbonyl (C=O) groups is 1. The lowest BCUT2D eigenvalue weighted by Gasteiger charge is -2.44. The highest BCUT2D eigenvalue weighted by molar-refractivity contribution is 7.80. The van der Waals surface area contributed by atoms with Crippen LogP contribution >= 0.6 is 12.2 Å². The Bertz CT molecular complexity index is 338. The molecule has 1 aliphatic rings. The first-order valence-electron chi connectivity index (χ1n) is 7.08. The predicted octanol–water partition coefficient (Wildman–Crippen LogP) is 1.54. The molecule has 0 aromatic rings. The SMILES string of the molecule is CC1CC(C(=O)NCCCN(C)C(C)C)(C(N)=S)C1. The maximum Gasteiger partial charge on any atom is 0.233 e. The molecular formula is C14H27N3OS. The third-order valence-corrected chi connectivity index (χ3v) is 4.55. The van der Waals surface area contributed by atoms with Crippen molar-refractivity contribution in [2.75, 3.05) is 20.1 Å². The summed E-state index contributed by atoms with van der Waals surface area (Å²) in [5.41, 5.74) is 5.18. The molecule has 0 radical (unpaired) electrons. The molecular weight excluding hydrogens is 258 g/mol. The molecule has 110 valence electrons. The zero-order chi connectivity index (χ0) is 14.6. The van der Waals surface area contributed by atoms with E-state index in [1.54, 1.807) is 0 Å². The molecule has 0 heterocycles. The molecule has 5 heteroatoms. The van der Waals surface area contributed by atoms with Gasteiger partial charge in [0, 0.05) is 12.6 Å². The number of nitrogens with two attached hydrogens (primary N) is 1. The highest BCUT2D eigenvalue weighted by Gasteiger charge is 2.50. The molecule has 0 aromatic heterocycles. The van der Waals surface area contributed by atoms with E-state index in [0.29, 0.717) is 23.5 Å². The maximum absolute atomic E-state index is 12.2. The van der Waals surface area contributed by atoms with Crippen LogP contribution in [-0.4, -0.2) is 42.0 Å². The smallest absolute Gasteiger partial charge is 0.233 e. The third-order valence-electron chi connectivity index (χ3n) is 4.15. The minimum Gasteiger partial charge on any atom is -0.392 e. The molecule has 3 N–H and O–H groups in total. The van der Waals surface area contributed by atoms with Crippen LogP contribution in [0.4, 0.5) is 0 Å². The van der Waals surface area contributed by atoms with E-state index in [4.69, 9.17) is 18.0 Å². The first-order chi connectivity index (χ1) is 8.79. The van der Waals surface area contributed by atoms with Gasteiger partial charge in [-0.1, -0.05) is 19.1 Å². The molecule has 1 fully saturated rings. The van der Waals surface area contributed by atoms with Crippen molar-refractivity contribution < 1.29 is 4.79 Å². The van der Waals surface area contributed by atoms with Crippen LogP contribution < -0.4 is 11.1 Å². The van der Waals surface area contributed by atoms with Gasteiger partial charge < -0.3 is 16.0 Å². The van der Waals surface area contributed by atoms with Gasteiger partial charge >= 0.3 is 0 Å². The molecule has 0 aliphatic heterocycles. The number of carbonyl (C=O) groups excluding carboxylic acids is 1. The summed E-state index contributed by atoms with van der Waals surface area (Å²) in [7, 11) is 2.09. The Morgan fingerprint density at radius 1 is 1.53 bits per heavy atom. The van der Waals surface area contributed by atoms with Gasteiger partial charge in [0.05, 0.1) is 10.4 Å². The van der Waals surface area contributed by atoms with Gasteiger partial charge in [-0.05, 0) is 52.6 Å². The molecule has 0 atom stereocenters. The average Bonchev–Trinajstić information content (AvgIpc) is 2.28. The number of nitrogens with one attached hydrogen (secondary N) is 1. The molecule has 4 nitrogen and oxygen atoms in total. The number of nitrogens with zero attached hydrogens (tertiary/aromatic N) is 1. The van der Waals surface area contributed by atoms with Gasteiger partial charge in [0.1, 0.15) is 0 Å². The van der Waals surface area contributed by atoms with E-state index in [1.807, 2.05) is 0 Å². The van der Waals surface area contributed by atoms with Gasteiger partial charge in [0.15, 0.2) is 0 Å². The Balaban J connectivity index is 2.33. The van der Waals surface area contributed by atoms with E-state index >= 15 is 0 Å². The van der Waals surface area contributed by atoms with E-state index in [1.165, 1.54) is 0 Å². The van der Waals surface area contributed by atoms with Gasteiger partial charge in [-0.15, -0.1) is 0 Å². The fraction of sp³-hybridized carbons (Fsp3) is 0.857. The molecule has 1 aliphatic carbocycles. The van der Waals surface area contributed by atoms with Crippen molar-refractivity contribution in [3.63, 3.8) is 0 Å². The molecule has 0 spiro atoms. The Hall–Kier alpha value is -0.680. The minimum absolute atomic E-state index is 0.0188. The lowest BCUT2D eigenvalue weighted by Crippen LogP contribution is -2.56. The second-order valence-corrected chi connectivity index (χ2v) is 6.58. The van der Waals surface area contributed by atoms with Crippen molar-refractivity contribution in [1.29, 1.82) is 0 Å². The quantitative estimate of drug-likeness (QED) is 0.550. The van der Waals surface area contributed by atoms with E-state index < -0.39 is 5.41 Å². The Morgan fingerprint density at radius 2 is 2.11 bits per heavy atom. The summed E-state index contributed by atoms with van der Waals surface area (Å²) in [6.45, 7) is 8.12. The molecule has 1 saturated carbocycles. The second-order valence-electron chi connectivity index (χ2n) is 6.14. The van der Waals surface area contributed by atoms with Gasteiger partial charge in [0.2, 0.25) is 5.91 Å². The minimum atomic E-state index is -0.571. The van der Waals surface area contributed by atoms with Gasteiger partial charge in [-0.3, -0.25) is 4.79 Å². The largest absolute Gasteiger partial charge is 0.392 e. The summed E-state index contributed by atoms with van der Waals surface area (Å²) in [6, 6.07) is 0.533. The van der Waals surface area contributed by atoms with Crippen molar-refractivity contribution >= 4 is 23.1 Å². The lowest BCUT2D eigenvalue weighted by atomic mass is 9.62. The molecule has 0 unspecified atom stereocenters. The zero-order valence-corrected chi connectivity index (χ0v) is 13.3. The molecule has 1 rings (SSSR count). The van der Waals surface area contributed by atoms with Crippen LogP contribution in [-0.2, 0) is 4.79 Å². The standard InChI is InChI=1S/C14H27N3OS/c1-10(2)17(4)7-5-6-16-13(18)14(12(15)19)8-11(3)9-14/h10-11H,5-9H2,1-4H3,(H2,15,19)(H,16,18). The van der Waals surface area contributed by atoms with Crippen LogP contribution in [0, 0.1) is 11.3 Å². The van der Waals surface area contributed by atoms with Crippen LogP contribution in [0.1, 0.15) is 40.0 Å². The fourth-order valence-electron chi connectivity index (χ4n) is 2.59. The summed E-state index contributed by atoms with van der Waals surface area (Å²) in [5, 5.41) is 2.99. The third kappa shape index (κ3) is 3.89. The first-order valence-corrected chi connectivity index (χ1v) is 7.49. The predicted molar refractivity (Wildman–Crippen MR) is 83.0 cm³/mol. The van der Waals surface area contributed by atoms with E-state index in [2.05, 4.69) is 38.0 Å². The van der Waals surface area contributed by atoms with E-state index in [9.17, 15) is 4.79 Å². The molecule has 0 bridgehead atoms. The topological polar surface area (TPSA) is 58.4 Å². The fourth-order valence-corrected chi connectivity index (χ4v) is 2.85. The average molecular weight is 285 g/mol. The molecule has 1 amide bonds. The van der Waals surface area contributed by atoms with Crippen LogP contribution in [0.25, 0.3) is 0 Å². The van der Waals surface area contributed by atoms with Gasteiger partial charge in [-0.2, -0.15) is 0 Å². The Morgan fingerprint density at radius 3 is 2.53 bits per heavy atom. The Kier molecular flexibility index (Phi) is 5.74. The van der Waals surface area contributed by atoms with Crippen LogP contribution in [0.15, 0.2) is 0 Å². The summed E-state index contributed by atoms with van der Waals surface area (Å²) in [5.74, 6) is 0.560. The van der Waals surface area contributed by atoms with Crippen LogP contribution in [0.5, 0.6) is 0 Å². The number of rotatable bonds is 7. The van der Waals surface area contributed by atoms with Crippen molar-refractivity contribution in [3.05, 3.63) is 0 Å². The number of thiocarbonyl (C=S) groups is 1. The van der Waals surface area contributed by atoms with Crippen molar-refractivity contribution in [2.24, 2.45) is 17.1 Å². The van der Waals surface area contributed by atoms with Crippen LogP contribution in [0.2, 0.25) is 0 Å². The summed E-state index contributed by atoms with van der Waals surface area (Å²) < 4.78 is 0. The zero-order valence-electron chi connectivity index (χ0n) is 12.5. The summed E-state index contributed by atoms with van der Waals surface area (Å²) in [4.78, 5) is 14.8. The molecule has 0 aromatic carbocycles. The highest BCUT2D eigenvalue weighted by Crippen LogP contribution is 2.45. The van der Waals surface area contributed by atoms with Crippen molar-refractivity contribution in [1.82, 2.24) is 10.2 Å². The van der Waals surface area contributed by atoms with Gasteiger partial charge in [0.25, 0.3) is 0 Å². The number of hydrogen-bond acceptors (Lipinski definition) is 3. The van der Waals surface area contributed by atoms with E-state index in [-0.39, 0.29) is 5.91 Å².